The smallest absolute Gasteiger partial charge is 0.257 e. The molecule has 1 N–H and O–H groups in total. The molecule has 23 heavy (non-hydrogen) atoms. The van der Waals surface area contributed by atoms with Gasteiger partial charge in [-0.2, -0.15) is 0 Å². The van der Waals surface area contributed by atoms with Crippen LogP contribution in [0.4, 0.5) is 5.95 Å². The summed E-state index contributed by atoms with van der Waals surface area (Å²) >= 11 is 0. The van der Waals surface area contributed by atoms with Crippen molar-refractivity contribution in [3.05, 3.63) is 53.9 Å². The molecule has 0 aliphatic rings. The maximum atomic E-state index is 12.6. The quantitative estimate of drug-likeness (QED) is 0.853. The van der Waals surface area contributed by atoms with Gasteiger partial charge in [0, 0.05) is 32.0 Å². The van der Waals surface area contributed by atoms with Crippen molar-refractivity contribution in [2.45, 2.75) is 27.3 Å². The molecule has 1 aromatic heterocycles. The van der Waals surface area contributed by atoms with Gasteiger partial charge in [0.1, 0.15) is 0 Å². The van der Waals surface area contributed by atoms with E-state index in [0.717, 1.165) is 12.1 Å². The van der Waals surface area contributed by atoms with Crippen LogP contribution >= 0.6 is 0 Å². The molecule has 1 aromatic carbocycles. The zero-order valence-electron chi connectivity index (χ0n) is 14.0. The van der Waals surface area contributed by atoms with Gasteiger partial charge in [-0.3, -0.25) is 4.79 Å². The first-order chi connectivity index (χ1) is 11.1. The Kier molecular flexibility index (Phi) is 6.09. The van der Waals surface area contributed by atoms with Crippen LogP contribution in [0.25, 0.3) is 0 Å². The van der Waals surface area contributed by atoms with Gasteiger partial charge in [0.15, 0.2) is 0 Å². The molecule has 0 atom stereocenters. The van der Waals surface area contributed by atoms with E-state index in [0.29, 0.717) is 30.5 Å². The first-order valence-electron chi connectivity index (χ1n) is 7.99. The Morgan fingerprint density at radius 3 is 2.39 bits per heavy atom. The molecule has 0 saturated carbocycles. The van der Waals surface area contributed by atoms with E-state index in [4.69, 9.17) is 0 Å². The van der Waals surface area contributed by atoms with Crippen LogP contribution in [-0.2, 0) is 6.54 Å². The number of hydrogen-bond donors (Lipinski definition) is 1. The van der Waals surface area contributed by atoms with Crippen LogP contribution in [0.3, 0.4) is 0 Å². The summed E-state index contributed by atoms with van der Waals surface area (Å²) in [4.78, 5) is 22.8. The highest BCUT2D eigenvalue weighted by atomic mass is 16.2. The number of carbonyl (C=O) groups is 1. The van der Waals surface area contributed by atoms with E-state index in [1.807, 2.05) is 37.3 Å². The molecular weight excluding hydrogens is 288 g/mol. The fraction of sp³-hybridized carbons (Fsp3) is 0.389. The molecule has 2 rings (SSSR count). The number of nitrogens with zero attached hydrogens (tertiary/aromatic N) is 3. The van der Waals surface area contributed by atoms with E-state index in [1.54, 1.807) is 17.3 Å². The summed E-state index contributed by atoms with van der Waals surface area (Å²) < 4.78 is 0. The predicted octanol–water partition coefficient (Wildman–Crippen LogP) is 3.21. The molecule has 0 fully saturated rings. The zero-order valence-corrected chi connectivity index (χ0v) is 14.0. The lowest BCUT2D eigenvalue weighted by atomic mass is 10.2. The molecule has 0 saturated heterocycles. The Bertz CT molecular complexity index is 611. The number of hydrogen-bond acceptors (Lipinski definition) is 4. The van der Waals surface area contributed by atoms with Gasteiger partial charge in [-0.1, -0.05) is 44.2 Å². The Morgan fingerprint density at radius 2 is 1.83 bits per heavy atom. The topological polar surface area (TPSA) is 58.1 Å². The van der Waals surface area contributed by atoms with Gasteiger partial charge in [0.25, 0.3) is 5.91 Å². The second-order valence-electron chi connectivity index (χ2n) is 5.88. The Morgan fingerprint density at radius 1 is 1.17 bits per heavy atom. The summed E-state index contributed by atoms with van der Waals surface area (Å²) in [6.07, 6.45) is 3.18. The Labute approximate surface area is 137 Å². The second-order valence-corrected chi connectivity index (χ2v) is 5.88. The van der Waals surface area contributed by atoms with Crippen molar-refractivity contribution >= 4 is 11.9 Å². The molecule has 0 aliphatic heterocycles. The summed E-state index contributed by atoms with van der Waals surface area (Å²) in [6, 6.07) is 9.97. The van der Waals surface area contributed by atoms with Crippen LogP contribution in [0.2, 0.25) is 0 Å². The van der Waals surface area contributed by atoms with Crippen LogP contribution in [0.15, 0.2) is 42.7 Å². The number of anilines is 1. The molecule has 0 bridgehead atoms. The fourth-order valence-corrected chi connectivity index (χ4v) is 2.14. The third kappa shape index (κ3) is 5.06. The lowest BCUT2D eigenvalue weighted by Gasteiger charge is -2.21. The van der Waals surface area contributed by atoms with Crippen LogP contribution in [-0.4, -0.2) is 33.9 Å². The average Bonchev–Trinajstić information content (AvgIpc) is 2.58. The number of amides is 1. The SMILES string of the molecule is CCN(Cc1ccccc1)C(=O)c1cnc(NCC(C)C)nc1. The molecule has 1 heterocycles. The summed E-state index contributed by atoms with van der Waals surface area (Å²) in [5, 5.41) is 3.15. The standard InChI is InChI=1S/C18H24N4O/c1-4-22(13-15-8-6-5-7-9-15)17(23)16-11-20-18(21-12-16)19-10-14(2)3/h5-9,11-12,14H,4,10,13H2,1-3H3,(H,19,20,21). The maximum Gasteiger partial charge on any atom is 0.257 e. The summed E-state index contributed by atoms with van der Waals surface area (Å²) in [5.41, 5.74) is 1.62. The molecule has 0 radical (unpaired) electrons. The summed E-state index contributed by atoms with van der Waals surface area (Å²) in [7, 11) is 0. The van der Waals surface area contributed by atoms with Crippen molar-refractivity contribution in [2.75, 3.05) is 18.4 Å². The Hall–Kier alpha value is -2.43. The molecule has 122 valence electrons. The van der Waals surface area contributed by atoms with Gasteiger partial charge in [0.2, 0.25) is 5.95 Å². The number of carbonyl (C=O) groups excluding carboxylic acids is 1. The van der Waals surface area contributed by atoms with Crippen LogP contribution < -0.4 is 5.32 Å². The van der Waals surface area contributed by atoms with Gasteiger partial charge >= 0.3 is 0 Å². The van der Waals surface area contributed by atoms with E-state index in [1.165, 1.54) is 0 Å². The van der Waals surface area contributed by atoms with Gasteiger partial charge in [-0.25, -0.2) is 9.97 Å². The van der Waals surface area contributed by atoms with Crippen molar-refractivity contribution < 1.29 is 4.79 Å². The molecule has 0 unspecified atom stereocenters. The van der Waals surface area contributed by atoms with Crippen LogP contribution in [0.1, 0.15) is 36.7 Å². The van der Waals surface area contributed by atoms with Crippen molar-refractivity contribution in [1.82, 2.24) is 14.9 Å². The predicted molar refractivity (Wildman–Crippen MR) is 92.2 cm³/mol. The van der Waals surface area contributed by atoms with Crippen molar-refractivity contribution in [3.8, 4) is 0 Å². The Balaban J connectivity index is 2.02. The third-order valence-electron chi connectivity index (χ3n) is 3.45. The zero-order chi connectivity index (χ0) is 16.7. The highest BCUT2D eigenvalue weighted by Gasteiger charge is 2.15. The van der Waals surface area contributed by atoms with Crippen LogP contribution in [0.5, 0.6) is 0 Å². The second kappa shape index (κ2) is 8.27. The van der Waals surface area contributed by atoms with Crippen LogP contribution in [0, 0.1) is 5.92 Å². The highest BCUT2D eigenvalue weighted by molar-refractivity contribution is 5.93. The van der Waals surface area contributed by atoms with E-state index >= 15 is 0 Å². The largest absolute Gasteiger partial charge is 0.354 e. The molecule has 5 nitrogen and oxygen atoms in total. The first kappa shape index (κ1) is 16.9. The number of nitrogens with one attached hydrogen (secondary N) is 1. The fourth-order valence-electron chi connectivity index (χ4n) is 2.14. The van der Waals surface area contributed by atoms with E-state index in [2.05, 4.69) is 29.1 Å². The molecule has 1 amide bonds. The molecular formula is C18H24N4O. The van der Waals surface area contributed by atoms with Crippen molar-refractivity contribution in [3.63, 3.8) is 0 Å². The minimum Gasteiger partial charge on any atom is -0.354 e. The minimum atomic E-state index is -0.0493. The number of benzene rings is 1. The molecule has 0 spiro atoms. The maximum absolute atomic E-state index is 12.6. The van der Waals surface area contributed by atoms with Gasteiger partial charge in [-0.05, 0) is 18.4 Å². The van der Waals surface area contributed by atoms with Gasteiger partial charge < -0.3 is 10.2 Å². The lowest BCUT2D eigenvalue weighted by molar-refractivity contribution is 0.0751. The first-order valence-corrected chi connectivity index (χ1v) is 7.99. The van der Waals surface area contributed by atoms with Crippen molar-refractivity contribution in [2.24, 2.45) is 5.92 Å². The van der Waals surface area contributed by atoms with E-state index in [-0.39, 0.29) is 5.91 Å². The molecule has 0 aliphatic carbocycles. The summed E-state index contributed by atoms with van der Waals surface area (Å²) in [5.74, 6) is 1.02. The molecule has 2 aromatic rings. The van der Waals surface area contributed by atoms with E-state index in [9.17, 15) is 4.79 Å². The lowest BCUT2D eigenvalue weighted by Crippen LogP contribution is -2.30. The molecule has 5 heteroatoms. The minimum absolute atomic E-state index is 0.0493. The monoisotopic (exact) mass is 312 g/mol. The van der Waals surface area contributed by atoms with Gasteiger partial charge in [-0.15, -0.1) is 0 Å². The average molecular weight is 312 g/mol. The van der Waals surface area contributed by atoms with Gasteiger partial charge in [0.05, 0.1) is 5.56 Å². The number of rotatable bonds is 7. The normalized spacial score (nSPS) is 10.6. The van der Waals surface area contributed by atoms with Crippen molar-refractivity contribution in [1.29, 1.82) is 0 Å². The third-order valence-corrected chi connectivity index (χ3v) is 3.45. The highest BCUT2D eigenvalue weighted by Crippen LogP contribution is 2.10. The summed E-state index contributed by atoms with van der Waals surface area (Å²) in [6.45, 7) is 8.24. The number of aromatic nitrogens is 2. The van der Waals surface area contributed by atoms with E-state index < -0.39 is 0 Å².